The molecule has 0 atom stereocenters. The summed E-state index contributed by atoms with van der Waals surface area (Å²) in [5.74, 6) is -0.0307. The number of nitrogens with zero attached hydrogens (tertiary/aromatic N) is 6. The lowest BCUT2D eigenvalue weighted by Crippen LogP contribution is -2.13. The number of anilines is 1. The molecule has 0 aliphatic heterocycles. The van der Waals surface area contributed by atoms with Gasteiger partial charge in [-0.15, -0.1) is 10.2 Å². The molecule has 4 N–H and O–H groups in total. The maximum Gasteiger partial charge on any atom is 0.239 e. The number of hydrogen-bond acceptors (Lipinski definition) is 9. The number of primary sulfonamides is 1. The van der Waals surface area contributed by atoms with E-state index >= 15 is 0 Å². The normalized spacial score (nSPS) is 10.2. The molecule has 1 heterocycles. The highest BCUT2D eigenvalue weighted by molar-refractivity contribution is 7.89. The number of nitriles is 3. The number of nitrogens with two attached hydrogens (primary N) is 1. The highest BCUT2D eigenvalue weighted by Gasteiger charge is 2.21. The van der Waals surface area contributed by atoms with Crippen LogP contribution in [0, 0.1) is 34.0 Å². The van der Waals surface area contributed by atoms with Gasteiger partial charge >= 0.3 is 0 Å². The van der Waals surface area contributed by atoms with Crippen molar-refractivity contribution in [1.29, 1.82) is 15.8 Å². The molecule has 0 aliphatic rings. The smallest absolute Gasteiger partial charge is 0.239 e. The van der Waals surface area contributed by atoms with Gasteiger partial charge in [-0.2, -0.15) is 21.0 Å². The summed E-state index contributed by atoms with van der Waals surface area (Å²) >= 11 is 5.93. The second-order valence-corrected chi connectivity index (χ2v) is 6.26. The molecule has 25 heavy (non-hydrogen) atoms. The Morgan fingerprint density at radius 2 is 1.92 bits per heavy atom. The Morgan fingerprint density at radius 3 is 2.40 bits per heavy atom. The zero-order valence-corrected chi connectivity index (χ0v) is 13.6. The fourth-order valence-electron chi connectivity index (χ4n) is 1.75. The highest BCUT2D eigenvalue weighted by Crippen LogP contribution is 2.34. The molecule has 11 nitrogen and oxygen atoms in total. The third kappa shape index (κ3) is 3.71. The Hall–Kier alpha value is -3.50. The number of sulfonamides is 1. The van der Waals surface area contributed by atoms with Crippen LogP contribution >= 0.6 is 11.6 Å². The molecule has 1 aromatic carbocycles. The Labute approximate surface area is 146 Å². The number of hydrogen-bond donors (Lipinski definition) is 3. The van der Waals surface area contributed by atoms with E-state index < -0.39 is 20.5 Å². The summed E-state index contributed by atoms with van der Waals surface area (Å²) < 4.78 is 23.3. The molecule has 0 spiro atoms. The van der Waals surface area contributed by atoms with E-state index in [4.69, 9.17) is 32.5 Å². The number of nitrogens with one attached hydrogen (secondary N) is 2. The number of rotatable bonds is 4. The second-order valence-electron chi connectivity index (χ2n) is 4.32. The summed E-state index contributed by atoms with van der Waals surface area (Å²) in [5, 5.41) is 47.3. The summed E-state index contributed by atoms with van der Waals surface area (Å²) in [6, 6.07) is 7.02. The quantitative estimate of drug-likeness (QED) is 0.632. The Kier molecular flexibility index (Phi) is 4.96. The molecule has 0 radical (unpaired) electrons. The molecule has 0 bridgehead atoms. The van der Waals surface area contributed by atoms with Crippen molar-refractivity contribution in [3.63, 3.8) is 0 Å². The van der Waals surface area contributed by atoms with E-state index in [1.54, 1.807) is 18.2 Å². The van der Waals surface area contributed by atoms with Crippen LogP contribution in [0.4, 0.5) is 5.69 Å². The fourth-order valence-corrected chi connectivity index (χ4v) is 2.85. The minimum atomic E-state index is -4.15. The number of benzene rings is 1. The van der Waals surface area contributed by atoms with Crippen LogP contribution in [0.3, 0.4) is 0 Å². The van der Waals surface area contributed by atoms with Crippen molar-refractivity contribution in [2.45, 2.75) is 4.90 Å². The number of aromatic amines is 1. The van der Waals surface area contributed by atoms with E-state index in [0.717, 1.165) is 12.1 Å². The van der Waals surface area contributed by atoms with Crippen LogP contribution in [-0.4, -0.2) is 29.0 Å². The van der Waals surface area contributed by atoms with Gasteiger partial charge in [-0.05, 0) is 17.3 Å². The summed E-state index contributed by atoms with van der Waals surface area (Å²) in [5.41, 5.74) is -0.703. The molecular weight excluding hydrogens is 370 g/mol. The summed E-state index contributed by atoms with van der Waals surface area (Å²) in [7, 11) is -4.15. The van der Waals surface area contributed by atoms with Gasteiger partial charge in [0.05, 0.1) is 10.7 Å². The van der Waals surface area contributed by atoms with E-state index in [0.29, 0.717) is 0 Å². The molecule has 1 aromatic heterocycles. The third-order valence-electron chi connectivity index (χ3n) is 2.81. The first-order valence-corrected chi connectivity index (χ1v) is 8.06. The van der Waals surface area contributed by atoms with Crippen molar-refractivity contribution in [3.8, 4) is 29.6 Å². The van der Waals surface area contributed by atoms with Crippen LogP contribution in [0.2, 0.25) is 5.02 Å². The van der Waals surface area contributed by atoms with Crippen molar-refractivity contribution >= 4 is 27.3 Å². The Balaban J connectivity index is 2.73. The van der Waals surface area contributed by atoms with Crippen molar-refractivity contribution in [1.82, 2.24) is 20.6 Å². The lowest BCUT2D eigenvalue weighted by Gasteiger charge is -2.12. The van der Waals surface area contributed by atoms with Crippen molar-refractivity contribution in [3.05, 3.63) is 28.4 Å². The predicted octanol–water partition coefficient (Wildman–Crippen LogP) is 0.404. The maximum atomic E-state index is 11.6. The van der Waals surface area contributed by atoms with Crippen molar-refractivity contribution in [2.24, 2.45) is 5.14 Å². The first-order valence-electron chi connectivity index (χ1n) is 6.13. The van der Waals surface area contributed by atoms with Crippen LogP contribution in [0.1, 0.15) is 0 Å². The van der Waals surface area contributed by atoms with Crippen molar-refractivity contribution in [2.75, 3.05) is 5.32 Å². The fraction of sp³-hybridized carbons (Fsp3) is 0. The highest BCUT2D eigenvalue weighted by atomic mass is 35.5. The van der Waals surface area contributed by atoms with E-state index in [1.807, 2.05) is 0 Å². The number of halogens is 1. The molecule has 124 valence electrons. The SMILES string of the molecule is N#CC(C#N)=C(C#N)Nc1cc(Cl)c(S(N)(=O)=O)cc1-c1nn[nH]n1. The molecule has 0 aliphatic carbocycles. The van der Waals surface area contributed by atoms with E-state index in [1.165, 1.54) is 0 Å². The second kappa shape index (κ2) is 6.95. The first kappa shape index (κ1) is 17.8. The average molecular weight is 376 g/mol. The van der Waals surface area contributed by atoms with Gasteiger partial charge in [0.25, 0.3) is 0 Å². The van der Waals surface area contributed by atoms with Crippen molar-refractivity contribution < 1.29 is 8.42 Å². The van der Waals surface area contributed by atoms with E-state index in [9.17, 15) is 8.42 Å². The van der Waals surface area contributed by atoms with Crippen LogP contribution in [-0.2, 0) is 10.0 Å². The Morgan fingerprint density at radius 1 is 1.24 bits per heavy atom. The van der Waals surface area contributed by atoms with Crippen LogP contribution in [0.25, 0.3) is 11.4 Å². The van der Waals surface area contributed by atoms with Gasteiger partial charge in [-0.3, -0.25) is 0 Å². The Bertz CT molecular complexity index is 1070. The summed E-state index contributed by atoms with van der Waals surface area (Å²) in [6.45, 7) is 0. The van der Waals surface area contributed by atoms with E-state index in [-0.39, 0.29) is 27.8 Å². The zero-order chi connectivity index (χ0) is 18.6. The topological polar surface area (TPSA) is 198 Å². The lowest BCUT2D eigenvalue weighted by atomic mass is 10.1. The van der Waals surface area contributed by atoms with Crippen LogP contribution in [0.15, 0.2) is 28.3 Å². The summed E-state index contributed by atoms with van der Waals surface area (Å²) in [4.78, 5) is -0.400. The molecule has 2 aromatic rings. The summed E-state index contributed by atoms with van der Waals surface area (Å²) in [6.07, 6.45) is 0. The molecule has 13 heteroatoms. The minimum Gasteiger partial charge on any atom is -0.344 e. The van der Waals surface area contributed by atoms with Gasteiger partial charge in [0.1, 0.15) is 28.8 Å². The van der Waals surface area contributed by atoms with Gasteiger partial charge in [-0.25, -0.2) is 13.6 Å². The third-order valence-corrected chi connectivity index (χ3v) is 4.19. The van der Waals surface area contributed by atoms with Crippen LogP contribution in [0.5, 0.6) is 0 Å². The largest absolute Gasteiger partial charge is 0.344 e. The van der Waals surface area contributed by atoms with Gasteiger partial charge < -0.3 is 5.32 Å². The predicted molar refractivity (Wildman–Crippen MR) is 83.5 cm³/mol. The molecule has 0 saturated carbocycles. The van der Waals surface area contributed by atoms with Gasteiger partial charge in [-0.1, -0.05) is 11.6 Å². The minimum absolute atomic E-state index is 0.0307. The van der Waals surface area contributed by atoms with E-state index in [2.05, 4.69) is 25.9 Å². The molecule has 0 amide bonds. The number of allylic oxidation sites excluding steroid dienone is 2. The molecule has 2 rings (SSSR count). The zero-order valence-electron chi connectivity index (χ0n) is 12.0. The first-order chi connectivity index (χ1) is 11.8. The van der Waals surface area contributed by atoms with Gasteiger partial charge in [0.15, 0.2) is 5.57 Å². The standard InChI is InChI=1S/C12H6ClN9O2S/c13-8-2-9(18-10(5-16)6(3-14)4-15)7(12-19-21-22-20-12)1-11(8)25(17,23)24/h1-2,18H,(H2,17,23,24)(H,19,20,21,22). The molecule has 0 saturated heterocycles. The van der Waals surface area contributed by atoms with Gasteiger partial charge in [0, 0.05) is 5.56 Å². The molecule has 0 fully saturated rings. The monoisotopic (exact) mass is 375 g/mol. The molecular formula is C12H6ClN9O2S. The number of H-pyrrole nitrogens is 1. The number of aromatic nitrogens is 4. The maximum absolute atomic E-state index is 11.6. The van der Waals surface area contributed by atoms with Crippen LogP contribution < -0.4 is 10.5 Å². The molecule has 0 unspecified atom stereocenters. The lowest BCUT2D eigenvalue weighted by molar-refractivity contribution is 0.598. The van der Waals surface area contributed by atoms with Gasteiger partial charge in [0.2, 0.25) is 15.8 Å². The average Bonchev–Trinajstić information content (AvgIpc) is 3.08. The number of tetrazole rings is 1.